The van der Waals surface area contributed by atoms with Gasteiger partial charge in [0.1, 0.15) is 0 Å². The zero-order chi connectivity index (χ0) is 11.8. The second-order valence-electron chi connectivity index (χ2n) is 3.67. The van der Waals surface area contributed by atoms with Gasteiger partial charge in [-0.25, -0.2) is 0 Å². The Morgan fingerprint density at radius 2 is 2.31 bits per heavy atom. The minimum atomic E-state index is 0.200. The van der Waals surface area contributed by atoms with Crippen LogP contribution < -0.4 is 5.32 Å². The van der Waals surface area contributed by atoms with Crippen molar-refractivity contribution < 1.29 is 5.11 Å². The predicted molar refractivity (Wildman–Crippen MR) is 74.9 cm³/mol. The number of thioether (sulfide) groups is 1. The van der Waals surface area contributed by atoms with Gasteiger partial charge in [-0.1, -0.05) is 28.1 Å². The molecular formula is C12H18BrNOS. The molecule has 0 aliphatic carbocycles. The van der Waals surface area contributed by atoms with Crippen molar-refractivity contribution in [3.63, 3.8) is 0 Å². The van der Waals surface area contributed by atoms with E-state index in [4.69, 9.17) is 0 Å². The molecular weight excluding hydrogens is 286 g/mol. The van der Waals surface area contributed by atoms with Crippen molar-refractivity contribution in [2.75, 3.05) is 18.6 Å². The summed E-state index contributed by atoms with van der Waals surface area (Å²) in [4.78, 5) is 0. The van der Waals surface area contributed by atoms with E-state index in [0.29, 0.717) is 0 Å². The minimum absolute atomic E-state index is 0.200. The quantitative estimate of drug-likeness (QED) is 0.812. The molecule has 90 valence electrons. The van der Waals surface area contributed by atoms with E-state index in [0.717, 1.165) is 23.2 Å². The number of aliphatic hydroxyl groups excluding tert-OH is 1. The molecule has 2 N–H and O–H groups in total. The Balaban J connectivity index is 2.37. The van der Waals surface area contributed by atoms with Crippen molar-refractivity contribution in [3.05, 3.63) is 34.3 Å². The van der Waals surface area contributed by atoms with Crippen molar-refractivity contribution >= 4 is 27.7 Å². The van der Waals surface area contributed by atoms with Crippen molar-refractivity contribution in [3.8, 4) is 0 Å². The number of hydrogen-bond acceptors (Lipinski definition) is 3. The van der Waals surface area contributed by atoms with Crippen LogP contribution in [0.5, 0.6) is 0 Å². The molecule has 0 aliphatic heterocycles. The molecule has 0 saturated heterocycles. The van der Waals surface area contributed by atoms with Crippen molar-refractivity contribution in [1.82, 2.24) is 5.32 Å². The van der Waals surface area contributed by atoms with Gasteiger partial charge in [0.25, 0.3) is 0 Å². The van der Waals surface area contributed by atoms with Gasteiger partial charge in [0.05, 0.1) is 6.61 Å². The molecule has 0 saturated carbocycles. The summed E-state index contributed by atoms with van der Waals surface area (Å²) in [6.07, 6.45) is 3.09. The average Bonchev–Trinajstić information content (AvgIpc) is 2.29. The molecule has 0 bridgehead atoms. The van der Waals surface area contributed by atoms with Crippen LogP contribution in [0, 0.1) is 0 Å². The van der Waals surface area contributed by atoms with E-state index in [-0.39, 0.29) is 12.6 Å². The molecule has 1 unspecified atom stereocenters. The molecule has 16 heavy (non-hydrogen) atoms. The van der Waals surface area contributed by atoms with E-state index in [2.05, 4.69) is 39.6 Å². The maximum atomic E-state index is 9.20. The summed E-state index contributed by atoms with van der Waals surface area (Å²) in [5.41, 5.74) is 1.23. The first-order valence-corrected chi connectivity index (χ1v) is 7.52. The standard InChI is InChI=1S/C12H18BrNOS/c1-16-6-5-12(9-15)14-8-10-3-2-4-11(13)7-10/h2-4,7,12,14-15H,5-6,8-9H2,1H3. The van der Waals surface area contributed by atoms with Crippen LogP contribution in [0.3, 0.4) is 0 Å². The highest BCUT2D eigenvalue weighted by atomic mass is 79.9. The summed E-state index contributed by atoms with van der Waals surface area (Å²) in [6.45, 7) is 1.01. The zero-order valence-electron chi connectivity index (χ0n) is 9.45. The molecule has 0 spiro atoms. The topological polar surface area (TPSA) is 32.3 Å². The third-order valence-electron chi connectivity index (χ3n) is 2.37. The number of hydrogen-bond donors (Lipinski definition) is 2. The van der Waals surface area contributed by atoms with Crippen LogP contribution in [-0.2, 0) is 6.54 Å². The first-order valence-electron chi connectivity index (χ1n) is 5.34. The van der Waals surface area contributed by atoms with Crippen molar-refractivity contribution in [1.29, 1.82) is 0 Å². The monoisotopic (exact) mass is 303 g/mol. The summed E-state index contributed by atoms with van der Waals surface area (Å²) in [5.74, 6) is 1.08. The second kappa shape index (κ2) is 8.12. The average molecular weight is 304 g/mol. The van der Waals surface area contributed by atoms with Crippen molar-refractivity contribution in [2.24, 2.45) is 0 Å². The molecule has 1 atom stereocenters. The van der Waals surface area contributed by atoms with Gasteiger partial charge in [0, 0.05) is 17.1 Å². The molecule has 0 aromatic heterocycles. The van der Waals surface area contributed by atoms with Gasteiger partial charge in [0.15, 0.2) is 0 Å². The molecule has 0 aliphatic rings. The lowest BCUT2D eigenvalue weighted by molar-refractivity contribution is 0.239. The Bertz CT molecular complexity index is 309. The van der Waals surface area contributed by atoms with Crippen LogP contribution >= 0.6 is 27.7 Å². The van der Waals surface area contributed by atoms with Gasteiger partial charge in [0.2, 0.25) is 0 Å². The van der Waals surface area contributed by atoms with E-state index in [1.807, 2.05) is 23.9 Å². The van der Waals surface area contributed by atoms with E-state index in [1.165, 1.54) is 5.56 Å². The highest BCUT2D eigenvalue weighted by Gasteiger charge is 2.05. The lowest BCUT2D eigenvalue weighted by Gasteiger charge is -2.15. The maximum Gasteiger partial charge on any atom is 0.0585 e. The van der Waals surface area contributed by atoms with Gasteiger partial charge in [-0.05, 0) is 36.1 Å². The highest BCUT2D eigenvalue weighted by Crippen LogP contribution is 2.11. The zero-order valence-corrected chi connectivity index (χ0v) is 11.9. The summed E-state index contributed by atoms with van der Waals surface area (Å²) in [5, 5.41) is 12.6. The fourth-order valence-electron chi connectivity index (χ4n) is 1.43. The Hall–Kier alpha value is -0.0300. The van der Waals surface area contributed by atoms with Gasteiger partial charge in [-0.3, -0.25) is 0 Å². The van der Waals surface area contributed by atoms with E-state index >= 15 is 0 Å². The third-order valence-corrected chi connectivity index (χ3v) is 3.51. The number of rotatable bonds is 7. The van der Waals surface area contributed by atoms with Gasteiger partial charge in [-0.2, -0.15) is 11.8 Å². The normalized spacial score (nSPS) is 12.7. The van der Waals surface area contributed by atoms with Crippen LogP contribution in [0.25, 0.3) is 0 Å². The highest BCUT2D eigenvalue weighted by molar-refractivity contribution is 9.10. The number of halogens is 1. The molecule has 2 nitrogen and oxygen atoms in total. The molecule has 1 rings (SSSR count). The Morgan fingerprint density at radius 3 is 2.94 bits per heavy atom. The van der Waals surface area contributed by atoms with Crippen LogP contribution in [-0.4, -0.2) is 29.8 Å². The second-order valence-corrected chi connectivity index (χ2v) is 5.57. The Kier molecular flexibility index (Phi) is 7.12. The smallest absolute Gasteiger partial charge is 0.0585 e. The van der Waals surface area contributed by atoms with Crippen LogP contribution in [0.4, 0.5) is 0 Å². The first kappa shape index (κ1) is 14.0. The third kappa shape index (κ3) is 5.34. The summed E-state index contributed by atoms with van der Waals surface area (Å²) in [6, 6.07) is 8.42. The van der Waals surface area contributed by atoms with Crippen LogP contribution in [0.1, 0.15) is 12.0 Å². The molecule has 0 heterocycles. The fraction of sp³-hybridized carbons (Fsp3) is 0.500. The molecule has 0 amide bonds. The SMILES string of the molecule is CSCCC(CO)NCc1cccc(Br)c1. The Morgan fingerprint density at radius 1 is 1.50 bits per heavy atom. The lowest BCUT2D eigenvalue weighted by atomic mass is 10.2. The summed E-state index contributed by atoms with van der Waals surface area (Å²) in [7, 11) is 0. The number of aliphatic hydroxyl groups is 1. The van der Waals surface area contributed by atoms with Gasteiger partial charge >= 0.3 is 0 Å². The minimum Gasteiger partial charge on any atom is -0.395 e. The number of benzene rings is 1. The molecule has 0 fully saturated rings. The van der Waals surface area contributed by atoms with Gasteiger partial charge in [-0.15, -0.1) is 0 Å². The van der Waals surface area contributed by atoms with Crippen LogP contribution in [0.15, 0.2) is 28.7 Å². The largest absolute Gasteiger partial charge is 0.395 e. The van der Waals surface area contributed by atoms with Crippen molar-refractivity contribution in [2.45, 2.75) is 19.0 Å². The maximum absolute atomic E-state index is 9.20. The van der Waals surface area contributed by atoms with E-state index in [9.17, 15) is 5.11 Å². The summed E-state index contributed by atoms with van der Waals surface area (Å²) < 4.78 is 1.09. The number of nitrogens with one attached hydrogen (secondary N) is 1. The molecule has 1 aromatic carbocycles. The van der Waals surface area contributed by atoms with Crippen LogP contribution in [0.2, 0.25) is 0 Å². The van der Waals surface area contributed by atoms with E-state index < -0.39 is 0 Å². The van der Waals surface area contributed by atoms with Gasteiger partial charge < -0.3 is 10.4 Å². The molecule has 4 heteroatoms. The fourth-order valence-corrected chi connectivity index (χ4v) is 2.39. The van der Waals surface area contributed by atoms with E-state index in [1.54, 1.807) is 0 Å². The lowest BCUT2D eigenvalue weighted by Crippen LogP contribution is -2.32. The predicted octanol–water partition coefficient (Wildman–Crippen LogP) is 2.65. The molecule has 1 aromatic rings. The summed E-state index contributed by atoms with van der Waals surface area (Å²) >= 11 is 5.26. The first-order chi connectivity index (χ1) is 7.76. The molecule has 0 radical (unpaired) electrons. The Labute approximate surface area is 110 Å².